The number of aromatic nitrogens is 3. The van der Waals surface area contributed by atoms with Gasteiger partial charge in [-0.2, -0.15) is 0 Å². The van der Waals surface area contributed by atoms with Crippen molar-refractivity contribution in [3.05, 3.63) is 51.0 Å². The predicted molar refractivity (Wildman–Crippen MR) is 118 cm³/mol. The number of nitrogens with zero attached hydrogens (tertiary/aromatic N) is 3. The highest BCUT2D eigenvalue weighted by Gasteiger charge is 2.12. The lowest BCUT2D eigenvalue weighted by Gasteiger charge is -2.04. The zero-order valence-corrected chi connectivity index (χ0v) is 18.3. The zero-order valence-electron chi connectivity index (χ0n) is 16.7. The number of anilines is 1. The third-order valence-corrected chi connectivity index (χ3v) is 5.75. The molecule has 3 aromatic heterocycles. The standard InChI is InChI=1S/C16H16N4O2S2.C3H7NO/c1-9-10(2)24-16-14(9)15(22)19-12(20-16)7-23-8-13(21)18-11-5-3-4-6-17-11;1-4(2)3-5/h3-6H,7-8H2,1-2H3,(H,17,18,21)(H,19,20,22);3H,1-2H3. The van der Waals surface area contributed by atoms with E-state index < -0.39 is 0 Å². The minimum atomic E-state index is -0.134. The molecule has 0 saturated carbocycles. The quantitative estimate of drug-likeness (QED) is 0.579. The summed E-state index contributed by atoms with van der Waals surface area (Å²) in [5.74, 6) is 1.72. The maximum atomic E-state index is 12.2. The first-order chi connectivity index (χ1) is 13.8. The number of pyridine rings is 1. The van der Waals surface area contributed by atoms with Crippen molar-refractivity contribution in [1.29, 1.82) is 0 Å². The predicted octanol–water partition coefficient (Wildman–Crippen LogP) is 2.57. The SMILES string of the molecule is CN(C)C=O.Cc1sc2nc(CSCC(=O)Nc3ccccn3)[nH]c(=O)c2c1C. The van der Waals surface area contributed by atoms with Gasteiger partial charge in [0.05, 0.1) is 16.9 Å². The van der Waals surface area contributed by atoms with Crippen molar-refractivity contribution < 1.29 is 9.59 Å². The van der Waals surface area contributed by atoms with Crippen LogP contribution >= 0.6 is 23.1 Å². The number of thioether (sulfide) groups is 1. The molecule has 10 heteroatoms. The maximum absolute atomic E-state index is 12.2. The molecule has 3 heterocycles. The van der Waals surface area contributed by atoms with Gasteiger partial charge in [0, 0.05) is 25.2 Å². The van der Waals surface area contributed by atoms with Crippen LogP contribution in [0.3, 0.4) is 0 Å². The molecule has 3 rings (SSSR count). The van der Waals surface area contributed by atoms with E-state index in [1.54, 1.807) is 32.4 Å². The number of fused-ring (bicyclic) bond motifs is 1. The summed E-state index contributed by atoms with van der Waals surface area (Å²) in [6.07, 6.45) is 2.37. The number of H-pyrrole nitrogens is 1. The summed E-state index contributed by atoms with van der Waals surface area (Å²) in [4.78, 5) is 48.1. The van der Waals surface area contributed by atoms with Crippen molar-refractivity contribution in [2.75, 3.05) is 25.2 Å². The Morgan fingerprint density at radius 3 is 2.69 bits per heavy atom. The van der Waals surface area contributed by atoms with Crippen LogP contribution in [0.25, 0.3) is 10.2 Å². The topological polar surface area (TPSA) is 108 Å². The van der Waals surface area contributed by atoms with E-state index >= 15 is 0 Å². The lowest BCUT2D eigenvalue weighted by Crippen LogP contribution is -2.15. The van der Waals surface area contributed by atoms with Crippen LogP contribution in [0.5, 0.6) is 0 Å². The Morgan fingerprint density at radius 1 is 1.34 bits per heavy atom. The second-order valence-corrected chi connectivity index (χ2v) is 8.49. The van der Waals surface area contributed by atoms with E-state index in [-0.39, 0.29) is 17.2 Å². The molecule has 29 heavy (non-hydrogen) atoms. The van der Waals surface area contributed by atoms with Crippen LogP contribution < -0.4 is 10.9 Å². The van der Waals surface area contributed by atoms with E-state index in [1.165, 1.54) is 28.0 Å². The van der Waals surface area contributed by atoms with Gasteiger partial charge in [0.2, 0.25) is 12.3 Å². The monoisotopic (exact) mass is 433 g/mol. The minimum Gasteiger partial charge on any atom is -0.351 e. The Labute approximate surface area is 176 Å². The van der Waals surface area contributed by atoms with Gasteiger partial charge in [0.1, 0.15) is 16.5 Å². The smallest absolute Gasteiger partial charge is 0.259 e. The molecule has 0 fully saturated rings. The van der Waals surface area contributed by atoms with Gasteiger partial charge in [-0.25, -0.2) is 9.97 Å². The number of carbonyl (C=O) groups is 2. The normalized spacial score (nSPS) is 10.2. The van der Waals surface area contributed by atoms with Crippen molar-refractivity contribution in [2.45, 2.75) is 19.6 Å². The van der Waals surface area contributed by atoms with Gasteiger partial charge in [-0.15, -0.1) is 23.1 Å². The molecule has 2 amide bonds. The van der Waals surface area contributed by atoms with E-state index in [2.05, 4.69) is 20.3 Å². The Kier molecular flexibility index (Phi) is 8.34. The lowest BCUT2D eigenvalue weighted by atomic mass is 10.2. The number of aromatic amines is 1. The average Bonchev–Trinajstić information content (AvgIpc) is 2.97. The highest BCUT2D eigenvalue weighted by Crippen LogP contribution is 2.26. The van der Waals surface area contributed by atoms with Crippen LogP contribution in [0.1, 0.15) is 16.3 Å². The Bertz CT molecular complexity index is 1030. The van der Waals surface area contributed by atoms with E-state index in [1.807, 2.05) is 19.9 Å². The highest BCUT2D eigenvalue weighted by molar-refractivity contribution is 7.99. The molecule has 0 bridgehead atoms. The molecule has 0 unspecified atom stereocenters. The molecule has 3 aromatic rings. The van der Waals surface area contributed by atoms with Crippen LogP contribution in [0.4, 0.5) is 5.82 Å². The zero-order chi connectivity index (χ0) is 21.4. The van der Waals surface area contributed by atoms with Gasteiger partial charge in [0.25, 0.3) is 5.56 Å². The van der Waals surface area contributed by atoms with E-state index in [0.717, 1.165) is 21.7 Å². The van der Waals surface area contributed by atoms with Gasteiger partial charge < -0.3 is 15.2 Å². The third kappa shape index (κ3) is 6.68. The first-order valence-corrected chi connectivity index (χ1v) is 10.7. The third-order valence-electron chi connectivity index (χ3n) is 3.70. The molecule has 2 N–H and O–H groups in total. The fourth-order valence-electron chi connectivity index (χ4n) is 2.22. The largest absolute Gasteiger partial charge is 0.351 e. The number of thiophene rings is 1. The molecule has 0 aliphatic rings. The number of carbonyl (C=O) groups excluding carboxylic acids is 2. The van der Waals surface area contributed by atoms with Gasteiger partial charge in [-0.05, 0) is 31.5 Å². The summed E-state index contributed by atoms with van der Waals surface area (Å²) < 4.78 is 0. The van der Waals surface area contributed by atoms with Crippen LogP contribution in [0.15, 0.2) is 29.2 Å². The minimum absolute atomic E-state index is 0.115. The van der Waals surface area contributed by atoms with E-state index in [4.69, 9.17) is 0 Å². The Balaban J connectivity index is 0.000000537. The first kappa shape index (κ1) is 22.6. The van der Waals surface area contributed by atoms with Gasteiger partial charge >= 0.3 is 0 Å². The molecule has 0 radical (unpaired) electrons. The average molecular weight is 434 g/mol. The van der Waals surface area contributed by atoms with Crippen LogP contribution in [0.2, 0.25) is 0 Å². The van der Waals surface area contributed by atoms with Gasteiger partial charge in [-0.1, -0.05) is 6.07 Å². The second-order valence-electron chi connectivity index (χ2n) is 6.30. The van der Waals surface area contributed by atoms with Crippen molar-refractivity contribution in [3.8, 4) is 0 Å². The Morgan fingerprint density at radius 2 is 2.07 bits per heavy atom. The molecular weight excluding hydrogens is 410 g/mol. The van der Waals surface area contributed by atoms with E-state index in [0.29, 0.717) is 22.8 Å². The summed E-state index contributed by atoms with van der Waals surface area (Å²) >= 11 is 2.91. The van der Waals surface area contributed by atoms with Crippen molar-refractivity contribution in [2.24, 2.45) is 0 Å². The van der Waals surface area contributed by atoms with E-state index in [9.17, 15) is 14.4 Å². The number of rotatable bonds is 6. The fourth-order valence-corrected chi connectivity index (χ4v) is 3.96. The second kappa shape index (κ2) is 10.7. The molecule has 0 saturated heterocycles. The number of amides is 2. The van der Waals surface area contributed by atoms with Crippen LogP contribution in [-0.4, -0.2) is 52.0 Å². The summed E-state index contributed by atoms with van der Waals surface area (Å²) in [6.45, 7) is 3.92. The molecule has 0 spiro atoms. The molecule has 0 aliphatic heterocycles. The molecule has 154 valence electrons. The maximum Gasteiger partial charge on any atom is 0.259 e. The number of hydrogen-bond acceptors (Lipinski definition) is 7. The first-order valence-electron chi connectivity index (χ1n) is 8.71. The summed E-state index contributed by atoms with van der Waals surface area (Å²) in [7, 11) is 3.38. The summed E-state index contributed by atoms with van der Waals surface area (Å²) in [5, 5.41) is 3.38. The number of aryl methyl sites for hydroxylation is 2. The van der Waals surface area contributed by atoms with Crippen LogP contribution in [0, 0.1) is 13.8 Å². The van der Waals surface area contributed by atoms with Crippen molar-refractivity contribution >= 4 is 51.5 Å². The molecule has 0 aliphatic carbocycles. The molecule has 0 atom stereocenters. The fraction of sp³-hybridized carbons (Fsp3) is 0.316. The van der Waals surface area contributed by atoms with Crippen molar-refractivity contribution in [1.82, 2.24) is 19.9 Å². The number of hydrogen-bond donors (Lipinski definition) is 2. The summed E-state index contributed by atoms with van der Waals surface area (Å²) in [6, 6.07) is 5.33. The van der Waals surface area contributed by atoms with Crippen molar-refractivity contribution in [3.63, 3.8) is 0 Å². The molecule has 8 nitrogen and oxygen atoms in total. The highest BCUT2D eigenvalue weighted by atomic mass is 32.2. The van der Waals surface area contributed by atoms with Crippen LogP contribution in [-0.2, 0) is 15.3 Å². The molecule has 0 aromatic carbocycles. The number of nitrogens with one attached hydrogen (secondary N) is 2. The van der Waals surface area contributed by atoms with Gasteiger partial charge in [0.15, 0.2) is 0 Å². The molecular formula is C19H23N5O3S2. The summed E-state index contributed by atoms with van der Waals surface area (Å²) in [5.41, 5.74) is 0.869. The van der Waals surface area contributed by atoms with Gasteiger partial charge in [-0.3, -0.25) is 14.4 Å². The lowest BCUT2D eigenvalue weighted by molar-refractivity contribution is -0.116. The Hall–Kier alpha value is -2.72.